The highest BCUT2D eigenvalue weighted by Crippen LogP contribution is 2.21. The van der Waals surface area contributed by atoms with E-state index in [1.807, 2.05) is 0 Å². The highest BCUT2D eigenvalue weighted by atomic mass is 16.6. The Morgan fingerprint density at radius 3 is 2.56 bits per heavy atom. The predicted molar refractivity (Wildman–Crippen MR) is 61.6 cm³/mol. The number of ether oxygens (including phenoxy) is 1. The number of pyridine rings is 1. The molecule has 100 valence electrons. The van der Waals surface area contributed by atoms with E-state index in [0.717, 1.165) is 0 Å². The van der Waals surface area contributed by atoms with Crippen molar-refractivity contribution in [2.75, 3.05) is 11.9 Å². The van der Waals surface area contributed by atoms with E-state index in [9.17, 15) is 15.3 Å². The number of aliphatic hydroxyl groups is 4. The number of anilines is 1. The number of nitrogens with one attached hydrogen (secondary N) is 1. The van der Waals surface area contributed by atoms with E-state index in [0.29, 0.717) is 5.82 Å². The fourth-order valence-electron chi connectivity index (χ4n) is 1.81. The molecule has 7 nitrogen and oxygen atoms in total. The van der Waals surface area contributed by atoms with Gasteiger partial charge in [0, 0.05) is 6.20 Å². The van der Waals surface area contributed by atoms with E-state index in [-0.39, 0.29) is 0 Å². The number of hydrogen-bond donors (Lipinski definition) is 5. The van der Waals surface area contributed by atoms with Crippen molar-refractivity contribution < 1.29 is 25.2 Å². The van der Waals surface area contributed by atoms with Gasteiger partial charge in [0.1, 0.15) is 30.2 Å². The van der Waals surface area contributed by atoms with Crippen LogP contribution in [0.5, 0.6) is 0 Å². The third kappa shape index (κ3) is 2.60. The molecule has 1 aromatic heterocycles. The van der Waals surface area contributed by atoms with Crippen LogP contribution < -0.4 is 5.32 Å². The number of hydrogen-bond acceptors (Lipinski definition) is 7. The lowest BCUT2D eigenvalue weighted by Gasteiger charge is -2.40. The molecule has 5 atom stereocenters. The van der Waals surface area contributed by atoms with Crippen LogP contribution >= 0.6 is 0 Å². The third-order valence-corrected chi connectivity index (χ3v) is 2.85. The SMILES string of the molecule is OC[C@@H]1O[C@H](Nc2ccccn2)[C@H](O)[C@@H](O)[C@H]1O. The molecule has 1 saturated heterocycles. The summed E-state index contributed by atoms with van der Waals surface area (Å²) in [7, 11) is 0. The summed E-state index contributed by atoms with van der Waals surface area (Å²) in [5.74, 6) is 0.460. The van der Waals surface area contributed by atoms with E-state index < -0.39 is 37.3 Å². The van der Waals surface area contributed by atoms with Gasteiger partial charge >= 0.3 is 0 Å². The standard InChI is InChI=1S/C11H16N2O5/c14-5-6-8(15)9(16)10(17)11(18-6)13-7-3-1-2-4-12-7/h1-4,6,8-11,14-17H,5H2,(H,12,13)/t6-,8-,9-,10+,11-/m0/s1. The van der Waals surface area contributed by atoms with Crippen molar-refractivity contribution in [2.45, 2.75) is 30.6 Å². The van der Waals surface area contributed by atoms with Crippen LogP contribution in [-0.4, -0.2) is 62.7 Å². The molecule has 1 aliphatic rings. The van der Waals surface area contributed by atoms with Gasteiger partial charge in [-0.25, -0.2) is 4.98 Å². The zero-order chi connectivity index (χ0) is 13.1. The fourth-order valence-corrected chi connectivity index (χ4v) is 1.81. The molecular weight excluding hydrogens is 240 g/mol. The lowest BCUT2D eigenvalue weighted by atomic mass is 9.98. The molecule has 1 aliphatic heterocycles. The van der Waals surface area contributed by atoms with Crippen LogP contribution in [0.2, 0.25) is 0 Å². The van der Waals surface area contributed by atoms with E-state index >= 15 is 0 Å². The summed E-state index contributed by atoms with van der Waals surface area (Å²) in [4.78, 5) is 3.99. The summed E-state index contributed by atoms with van der Waals surface area (Å²) in [6.45, 7) is -0.453. The molecule has 5 N–H and O–H groups in total. The second-order valence-electron chi connectivity index (χ2n) is 4.11. The Kier molecular flexibility index (Phi) is 4.10. The minimum absolute atomic E-state index is 0.453. The van der Waals surface area contributed by atoms with Gasteiger partial charge in [0.15, 0.2) is 6.23 Å². The number of aliphatic hydroxyl groups excluding tert-OH is 4. The predicted octanol–water partition coefficient (Wildman–Crippen LogP) is -1.71. The number of aromatic nitrogens is 1. The minimum atomic E-state index is -1.39. The zero-order valence-electron chi connectivity index (χ0n) is 9.55. The monoisotopic (exact) mass is 256 g/mol. The first kappa shape index (κ1) is 13.2. The van der Waals surface area contributed by atoms with Crippen LogP contribution in [0.3, 0.4) is 0 Å². The maximum Gasteiger partial charge on any atom is 0.158 e. The zero-order valence-corrected chi connectivity index (χ0v) is 9.55. The van der Waals surface area contributed by atoms with Crippen molar-refractivity contribution >= 4 is 5.82 Å². The quantitative estimate of drug-likeness (QED) is 0.437. The first-order chi connectivity index (χ1) is 8.63. The molecule has 18 heavy (non-hydrogen) atoms. The second kappa shape index (κ2) is 5.59. The molecule has 0 aliphatic carbocycles. The second-order valence-corrected chi connectivity index (χ2v) is 4.11. The van der Waals surface area contributed by atoms with Crippen molar-refractivity contribution in [2.24, 2.45) is 0 Å². The lowest BCUT2D eigenvalue weighted by molar-refractivity contribution is -0.221. The largest absolute Gasteiger partial charge is 0.394 e. The first-order valence-electron chi connectivity index (χ1n) is 5.61. The Hall–Kier alpha value is -1.25. The average molecular weight is 256 g/mol. The summed E-state index contributed by atoms with van der Waals surface area (Å²) >= 11 is 0. The van der Waals surface area contributed by atoms with Gasteiger partial charge < -0.3 is 30.5 Å². The van der Waals surface area contributed by atoms with Gasteiger partial charge in [-0.2, -0.15) is 0 Å². The number of nitrogens with zero attached hydrogens (tertiary/aromatic N) is 1. The van der Waals surface area contributed by atoms with E-state index in [1.165, 1.54) is 0 Å². The molecule has 7 heteroatoms. The molecular formula is C11H16N2O5. The molecule has 0 unspecified atom stereocenters. The highest BCUT2D eigenvalue weighted by molar-refractivity contribution is 5.34. The van der Waals surface area contributed by atoms with Gasteiger partial charge in [-0.05, 0) is 12.1 Å². The van der Waals surface area contributed by atoms with Crippen molar-refractivity contribution in [3.05, 3.63) is 24.4 Å². The maximum absolute atomic E-state index is 9.78. The summed E-state index contributed by atoms with van der Waals surface area (Å²) < 4.78 is 5.27. The van der Waals surface area contributed by atoms with Crippen molar-refractivity contribution in [3.8, 4) is 0 Å². The van der Waals surface area contributed by atoms with E-state index in [1.54, 1.807) is 24.4 Å². The molecule has 0 bridgehead atoms. The van der Waals surface area contributed by atoms with E-state index in [2.05, 4.69) is 10.3 Å². The normalized spacial score (nSPS) is 36.3. The maximum atomic E-state index is 9.78. The molecule has 0 aromatic carbocycles. The molecule has 1 aromatic rings. The molecule has 2 heterocycles. The molecule has 0 saturated carbocycles. The van der Waals surface area contributed by atoms with Crippen LogP contribution in [0.4, 0.5) is 5.82 Å². The molecule has 0 radical (unpaired) electrons. The summed E-state index contributed by atoms with van der Waals surface area (Å²) in [6.07, 6.45) is -4.37. The smallest absolute Gasteiger partial charge is 0.158 e. The van der Waals surface area contributed by atoms with Crippen molar-refractivity contribution in [3.63, 3.8) is 0 Å². The van der Waals surface area contributed by atoms with Gasteiger partial charge in [-0.1, -0.05) is 6.07 Å². The van der Waals surface area contributed by atoms with Gasteiger partial charge in [0.25, 0.3) is 0 Å². The fraction of sp³-hybridized carbons (Fsp3) is 0.545. The van der Waals surface area contributed by atoms with Gasteiger partial charge in [0.2, 0.25) is 0 Å². The van der Waals surface area contributed by atoms with Crippen LogP contribution in [0.25, 0.3) is 0 Å². The topological polar surface area (TPSA) is 115 Å². The number of rotatable bonds is 3. The molecule has 2 rings (SSSR count). The van der Waals surface area contributed by atoms with Crippen LogP contribution in [0.15, 0.2) is 24.4 Å². The average Bonchev–Trinajstić information content (AvgIpc) is 2.40. The van der Waals surface area contributed by atoms with E-state index in [4.69, 9.17) is 9.84 Å². The Balaban J connectivity index is 2.08. The van der Waals surface area contributed by atoms with Crippen molar-refractivity contribution in [1.29, 1.82) is 0 Å². The van der Waals surface area contributed by atoms with Gasteiger partial charge in [0.05, 0.1) is 6.61 Å². The minimum Gasteiger partial charge on any atom is -0.394 e. The Bertz CT molecular complexity index is 375. The molecule has 0 spiro atoms. The first-order valence-corrected chi connectivity index (χ1v) is 5.61. The van der Waals surface area contributed by atoms with Crippen LogP contribution in [0, 0.1) is 0 Å². The Labute approximate surface area is 104 Å². The Morgan fingerprint density at radius 2 is 1.94 bits per heavy atom. The lowest BCUT2D eigenvalue weighted by Crippen LogP contribution is -2.60. The van der Waals surface area contributed by atoms with Gasteiger partial charge in [-0.15, -0.1) is 0 Å². The van der Waals surface area contributed by atoms with Crippen LogP contribution in [-0.2, 0) is 4.74 Å². The molecule has 0 amide bonds. The third-order valence-electron chi connectivity index (χ3n) is 2.85. The van der Waals surface area contributed by atoms with Crippen molar-refractivity contribution in [1.82, 2.24) is 4.98 Å². The summed E-state index contributed by atoms with van der Waals surface area (Å²) in [5, 5.41) is 40.8. The Morgan fingerprint density at radius 1 is 1.17 bits per heavy atom. The van der Waals surface area contributed by atoms with Crippen LogP contribution in [0.1, 0.15) is 0 Å². The molecule has 1 fully saturated rings. The highest BCUT2D eigenvalue weighted by Gasteiger charge is 2.43. The summed E-state index contributed by atoms with van der Waals surface area (Å²) in [6, 6.07) is 5.15. The summed E-state index contributed by atoms with van der Waals surface area (Å²) in [5.41, 5.74) is 0. The van der Waals surface area contributed by atoms with Gasteiger partial charge in [-0.3, -0.25) is 0 Å².